The van der Waals surface area contributed by atoms with Crippen molar-refractivity contribution < 1.29 is 74.7 Å². The number of anilines is 1. The summed E-state index contributed by atoms with van der Waals surface area (Å²) in [6.45, 7) is 2.66. The molecule has 0 saturated carbocycles. The molecular formula is C43H36ClN11O17S7. The number of fused-ring (bicyclic) bond motifs is 6. The molecule has 28 nitrogen and oxygen atoms in total. The lowest BCUT2D eigenvalue weighted by molar-refractivity contribution is 0.317. The number of nitrogens with two attached hydrogens (primary N) is 1. The number of nitriles is 1. The summed E-state index contributed by atoms with van der Waals surface area (Å²) in [4.78, 5) is 6.72. The van der Waals surface area contributed by atoms with Crippen LogP contribution in [0.3, 0.4) is 0 Å². The molecule has 0 amide bonds. The van der Waals surface area contributed by atoms with E-state index in [0.717, 1.165) is 51.8 Å². The fourth-order valence-electron chi connectivity index (χ4n) is 7.64. The van der Waals surface area contributed by atoms with Crippen LogP contribution in [0.5, 0.6) is 11.6 Å². The van der Waals surface area contributed by atoms with Crippen molar-refractivity contribution in [1.29, 1.82) is 5.26 Å². The minimum Gasteiger partial charge on any atom is -0.493 e. The fourth-order valence-corrected chi connectivity index (χ4v) is 13.1. The van der Waals surface area contributed by atoms with Gasteiger partial charge in [-0.25, -0.2) is 9.97 Å². The molecule has 0 spiro atoms. The van der Waals surface area contributed by atoms with Gasteiger partial charge in [-0.1, -0.05) is 29.0 Å². The smallest absolute Gasteiger partial charge is 0.298 e. The molecule has 8 aromatic rings. The Labute approximate surface area is 460 Å². The third-order valence-corrected chi connectivity index (χ3v) is 18.0. The number of aryl methyl sites for hydroxylation is 1. The number of imidazole rings is 1. The van der Waals surface area contributed by atoms with E-state index in [2.05, 4.69) is 40.7 Å². The van der Waals surface area contributed by atoms with Crippen molar-refractivity contribution >= 4 is 162 Å². The van der Waals surface area contributed by atoms with Gasteiger partial charge < -0.3 is 15.6 Å². The van der Waals surface area contributed by atoms with Crippen molar-refractivity contribution in [2.45, 2.75) is 46.3 Å². The van der Waals surface area contributed by atoms with Crippen LogP contribution in [-0.2, 0) is 50.6 Å². The summed E-state index contributed by atoms with van der Waals surface area (Å²) in [5, 5.41) is 47.2. The predicted octanol–water partition coefficient (Wildman–Crippen LogP) is 9.69. The third kappa shape index (κ3) is 12.9. The maximum absolute atomic E-state index is 12.5. The lowest BCUT2D eigenvalue weighted by atomic mass is 10.1. The van der Waals surface area contributed by atoms with E-state index in [1.54, 1.807) is 6.92 Å². The molecule has 3 aromatic heterocycles. The molecule has 0 fully saturated rings. The maximum atomic E-state index is 12.5. The Hall–Kier alpha value is -6.92. The minimum absolute atomic E-state index is 0.00425. The first kappa shape index (κ1) is 58.2. The molecule has 0 aliphatic carbocycles. The number of benzene rings is 5. The van der Waals surface area contributed by atoms with Crippen molar-refractivity contribution in [2.75, 3.05) is 29.6 Å². The molecule has 8 N–H and O–H groups in total. The molecule has 0 atom stereocenters. The quantitative estimate of drug-likeness (QED) is 0.0130. The predicted molar refractivity (Wildman–Crippen MR) is 288 cm³/mol. The molecule has 0 bridgehead atoms. The Morgan fingerprint density at radius 1 is 0.747 bits per heavy atom. The van der Waals surface area contributed by atoms with Crippen LogP contribution in [0.1, 0.15) is 29.5 Å². The van der Waals surface area contributed by atoms with Gasteiger partial charge in [0.1, 0.15) is 55.3 Å². The molecule has 414 valence electrons. The Morgan fingerprint density at radius 2 is 1.42 bits per heavy atom. The van der Waals surface area contributed by atoms with E-state index in [1.807, 2.05) is 6.07 Å². The number of nitrogens with zero attached hydrogens (tertiary/aromatic N) is 10. The first-order valence-corrected chi connectivity index (χ1v) is 31.6. The second-order valence-corrected chi connectivity index (χ2v) is 26.6. The number of thiazole rings is 1. The number of pyridine rings is 1. The number of nitrogen functional groups attached to an aromatic ring is 1. The van der Waals surface area contributed by atoms with E-state index >= 15 is 0 Å². The summed E-state index contributed by atoms with van der Waals surface area (Å²) in [5.74, 6) is -1.96. The average molecular weight is 1240 g/mol. The van der Waals surface area contributed by atoms with Gasteiger partial charge in [-0.05, 0) is 91.9 Å². The van der Waals surface area contributed by atoms with Crippen LogP contribution in [0.4, 0.5) is 39.3 Å². The minimum atomic E-state index is -4.97. The highest BCUT2D eigenvalue weighted by molar-refractivity contribution is 7.99. The van der Waals surface area contributed by atoms with Crippen LogP contribution in [-0.4, -0.2) is 108 Å². The zero-order chi connectivity index (χ0) is 57.7. The molecule has 36 heteroatoms. The van der Waals surface area contributed by atoms with E-state index in [1.165, 1.54) is 43.3 Å². The van der Waals surface area contributed by atoms with Crippen LogP contribution >= 0.6 is 34.7 Å². The van der Waals surface area contributed by atoms with Crippen molar-refractivity contribution in [3.8, 4) is 17.7 Å². The number of halogens is 1. The zero-order valence-corrected chi connectivity index (χ0v) is 46.4. The van der Waals surface area contributed by atoms with Gasteiger partial charge in [0.25, 0.3) is 50.6 Å². The average Bonchev–Trinajstić information content (AvgIpc) is 3.99. The van der Waals surface area contributed by atoms with Gasteiger partial charge >= 0.3 is 0 Å². The maximum Gasteiger partial charge on any atom is 0.298 e. The lowest BCUT2D eigenvalue weighted by Crippen LogP contribution is -2.08. The summed E-state index contributed by atoms with van der Waals surface area (Å²) in [6, 6.07) is 14.2. The second kappa shape index (κ2) is 22.0. The molecule has 3 heterocycles. The summed E-state index contributed by atoms with van der Waals surface area (Å²) in [5.41, 5.74) is 5.53. The molecule has 0 unspecified atom stereocenters. The number of aromatic hydroxyl groups is 1. The summed E-state index contributed by atoms with van der Waals surface area (Å²) < 4.78 is 175. The van der Waals surface area contributed by atoms with Gasteiger partial charge in [-0.15, -0.1) is 37.3 Å². The van der Waals surface area contributed by atoms with Crippen LogP contribution in [0.15, 0.2) is 111 Å². The number of rotatable bonds is 19. The number of azo groups is 3. The first-order valence-electron chi connectivity index (χ1n) is 21.9. The van der Waals surface area contributed by atoms with E-state index in [9.17, 15) is 75.2 Å². The number of hydrogen-bond donors (Lipinski definition) is 7. The van der Waals surface area contributed by atoms with Crippen LogP contribution in [0, 0.1) is 25.2 Å². The van der Waals surface area contributed by atoms with Gasteiger partial charge in [0.05, 0.1) is 49.6 Å². The highest BCUT2D eigenvalue weighted by Crippen LogP contribution is 2.45. The van der Waals surface area contributed by atoms with E-state index in [4.69, 9.17) is 22.1 Å². The normalized spacial score (nSPS) is 13.1. The molecule has 79 heavy (non-hydrogen) atoms. The highest BCUT2D eigenvalue weighted by Gasteiger charge is 2.28. The van der Waals surface area contributed by atoms with Gasteiger partial charge in [0, 0.05) is 21.9 Å². The van der Waals surface area contributed by atoms with E-state index < -0.39 is 87.7 Å². The molecule has 5 aromatic carbocycles. The Bertz CT molecular complexity index is 4620. The monoisotopic (exact) mass is 1240 g/mol. The number of aromatic nitrogens is 3. The lowest BCUT2D eigenvalue weighted by Gasteiger charge is -2.12. The number of thioether (sulfide) groups is 1. The highest BCUT2D eigenvalue weighted by atomic mass is 35.5. The van der Waals surface area contributed by atoms with Crippen molar-refractivity contribution in [3.63, 3.8) is 0 Å². The molecule has 0 aliphatic rings. The Balaban J connectivity index is 1.18. The van der Waals surface area contributed by atoms with Crippen LogP contribution in [0.2, 0.25) is 5.02 Å². The third-order valence-electron chi connectivity index (χ3n) is 11.2. The molecule has 0 radical (unpaired) electrons. The van der Waals surface area contributed by atoms with Gasteiger partial charge in [-0.2, -0.15) is 52.5 Å². The van der Waals surface area contributed by atoms with Gasteiger partial charge in [-0.3, -0.25) is 27.2 Å². The van der Waals surface area contributed by atoms with Crippen LogP contribution in [0.25, 0.3) is 37.7 Å². The number of hydrogen-bond acceptors (Lipinski definition) is 24. The second-order valence-electron chi connectivity index (χ2n) is 16.7. The van der Waals surface area contributed by atoms with Crippen molar-refractivity contribution in [3.05, 3.63) is 82.4 Å². The number of ether oxygens (including phenoxy) is 1. The first-order chi connectivity index (χ1) is 36.8. The Morgan fingerprint density at radius 3 is 2.08 bits per heavy atom. The fraction of sp³-hybridized carbons (Fsp3) is 0.186. The molecule has 0 saturated heterocycles. The summed E-state index contributed by atoms with van der Waals surface area (Å²) in [6.07, 6.45) is -0.253. The van der Waals surface area contributed by atoms with E-state index in [-0.39, 0.29) is 124 Å². The largest absolute Gasteiger partial charge is 0.493 e. The zero-order valence-electron chi connectivity index (χ0n) is 40.0. The Kier molecular flexibility index (Phi) is 16.2. The van der Waals surface area contributed by atoms with E-state index in [0.29, 0.717) is 5.56 Å². The van der Waals surface area contributed by atoms with Gasteiger partial charge in [0.2, 0.25) is 11.0 Å². The van der Waals surface area contributed by atoms with Gasteiger partial charge in [0.15, 0.2) is 11.3 Å². The molecular weight excluding hydrogens is 1200 g/mol. The standard InChI is InChI=1S/C43H36ClN11O17S7/c1-20-13-30(51-53-36-21(2)25(19-45)41-47-37-32(55(41)42(36)56)8-7-26(44)40(37)79(69,70)71)33(72-9-3-11-75(57,58)59)17-28(20)49-52-31-16-27(46)29(18-34(31)73-10-4-12-76(60,61)62)50-54-43-48-38-35(78(66,67)68)15-22-14-23(77(63,64)65)5-6-24(22)39(38)74-43/h5-8,13-18,56H,3-4,9-12,46H2,1-2H3,(H,57,58,59)(H,60,61,62)(H,63,64,65)(H,66,67,68)(H,69,70,71). The SMILES string of the molecule is Cc1cc(N=Nc2c(C)c(C#N)c3nc4c(S(=O)(=O)O)c(Cl)ccc4n3c2O)c(OCCCS(=O)(=O)O)cc1N=Nc1cc(N)c(N=Nc2nc3c(S(=O)(=O)O)cc4cc(S(=O)(=O)O)ccc4c3s2)cc1SCCCS(=O)(=O)O. The molecule has 8 rings (SSSR count). The van der Waals surface area contributed by atoms with Crippen molar-refractivity contribution in [2.24, 2.45) is 30.7 Å². The molecule has 0 aliphatic heterocycles. The topological polar surface area (TPSA) is 455 Å². The van der Waals surface area contributed by atoms with Crippen LogP contribution < -0.4 is 10.5 Å². The summed E-state index contributed by atoms with van der Waals surface area (Å²) in [7, 11) is -23.4. The summed E-state index contributed by atoms with van der Waals surface area (Å²) >= 11 is 7.97. The van der Waals surface area contributed by atoms with Crippen molar-refractivity contribution in [1.82, 2.24) is 14.4 Å².